The molecule has 0 rings (SSSR count). The maximum Gasteiger partial charge on any atom is 0.313 e. The Morgan fingerprint density at radius 3 is 1.18 bits per heavy atom. The number of unbranched alkanes of at least 4 members (excludes halogenated alkanes) is 25. The van der Waals surface area contributed by atoms with Gasteiger partial charge in [-0.3, -0.25) is 9.59 Å². The molecule has 0 aliphatic carbocycles. The number of halogens is 1. The Morgan fingerprint density at radius 2 is 0.844 bits per heavy atom. The van der Waals surface area contributed by atoms with Crippen molar-refractivity contribution < 1.29 is 26.7 Å². The maximum absolute atomic E-state index is 12.9. The molecule has 0 bridgehead atoms. The standard InChI is InChI=1S/C39H77NO3.ClH.H3N/c1-6-9-11-13-15-17-19-21-22-23-24-26-28-30-32-34-37(41)40-36(8-3)39(4,5)38(42)43-35-33-31-29-27-25-20-18-16-14-12-10-7-2;;/h36H,6-35H2,1-5H3,(H,40,41);1H;1H3. The fourth-order valence-corrected chi connectivity index (χ4v) is 6.15. The van der Waals surface area contributed by atoms with E-state index in [1.165, 1.54) is 148 Å². The molecule has 0 aromatic rings. The van der Waals surface area contributed by atoms with Gasteiger partial charge in [-0.05, 0) is 33.1 Å². The third-order valence-electron chi connectivity index (χ3n) is 9.38. The van der Waals surface area contributed by atoms with Gasteiger partial charge in [0, 0.05) is 12.5 Å². The molecule has 272 valence electrons. The van der Waals surface area contributed by atoms with Gasteiger partial charge in [-0.2, -0.15) is 0 Å². The predicted molar refractivity (Wildman–Crippen MR) is 194 cm³/mol. The van der Waals surface area contributed by atoms with Crippen molar-refractivity contribution in [2.24, 2.45) is 5.41 Å². The quantitative estimate of drug-likeness (QED) is 0.0542. The predicted octanol–water partition coefficient (Wildman–Crippen LogP) is 9.79. The Bertz CT molecular complexity index is 629. The van der Waals surface area contributed by atoms with E-state index in [4.69, 9.17) is 4.74 Å². The van der Waals surface area contributed by atoms with Crippen molar-refractivity contribution in [3.05, 3.63) is 0 Å². The van der Waals surface area contributed by atoms with E-state index >= 15 is 0 Å². The van der Waals surface area contributed by atoms with E-state index < -0.39 is 5.41 Å². The van der Waals surface area contributed by atoms with Gasteiger partial charge >= 0.3 is 5.97 Å². The highest BCUT2D eigenvalue weighted by molar-refractivity contribution is 5.80. The van der Waals surface area contributed by atoms with Gasteiger partial charge in [-0.25, -0.2) is 0 Å². The second-order valence-corrected chi connectivity index (χ2v) is 14.0. The van der Waals surface area contributed by atoms with Gasteiger partial charge in [0.1, 0.15) is 0 Å². The molecule has 0 aliphatic rings. The number of esters is 1. The average molecular weight is 662 g/mol. The molecule has 1 unspecified atom stereocenters. The zero-order valence-corrected chi connectivity index (χ0v) is 32.1. The lowest BCUT2D eigenvalue weighted by molar-refractivity contribution is -0.156. The largest absolute Gasteiger partial charge is 1.00 e. The Balaban J connectivity index is -0.00000882. The highest BCUT2D eigenvalue weighted by Gasteiger charge is 2.38. The summed E-state index contributed by atoms with van der Waals surface area (Å²) < 4.78 is 5.66. The first-order chi connectivity index (χ1) is 20.9. The van der Waals surface area contributed by atoms with Gasteiger partial charge in [0.15, 0.2) is 0 Å². The van der Waals surface area contributed by atoms with Crippen molar-refractivity contribution in [1.29, 1.82) is 0 Å². The summed E-state index contributed by atoms with van der Waals surface area (Å²) in [6.45, 7) is 10.9. The van der Waals surface area contributed by atoms with Gasteiger partial charge in [-0.1, -0.05) is 181 Å². The molecular weight excluding hydrogens is 580 g/mol. The molecule has 0 saturated heterocycles. The second-order valence-electron chi connectivity index (χ2n) is 14.0. The average Bonchev–Trinajstić information content (AvgIpc) is 2.99. The van der Waals surface area contributed by atoms with Crippen LogP contribution in [0.5, 0.6) is 0 Å². The van der Waals surface area contributed by atoms with E-state index in [9.17, 15) is 9.59 Å². The third-order valence-corrected chi connectivity index (χ3v) is 9.38. The molecule has 0 heterocycles. The molecule has 5 nitrogen and oxygen atoms in total. The number of nitrogens with one attached hydrogen (secondary N) is 1. The first kappa shape index (κ1) is 48.6. The van der Waals surface area contributed by atoms with E-state index in [0.29, 0.717) is 13.0 Å². The van der Waals surface area contributed by atoms with Gasteiger partial charge in [0.05, 0.1) is 12.0 Å². The lowest BCUT2D eigenvalue weighted by Gasteiger charge is -2.32. The number of carbonyl (C=O) groups is 2. The van der Waals surface area contributed by atoms with Crippen LogP contribution in [-0.2, 0) is 14.3 Å². The SMILES string of the molecule is CCCCCCCCCCCCCCCCCC(=O)NC(CC)C(C)(C)C(=O)OCCCCCCCCCCCCCC.[Cl-].[NH4+]. The van der Waals surface area contributed by atoms with Crippen molar-refractivity contribution in [3.8, 4) is 0 Å². The van der Waals surface area contributed by atoms with E-state index in [0.717, 1.165) is 32.1 Å². The van der Waals surface area contributed by atoms with Gasteiger partial charge in [0.25, 0.3) is 0 Å². The second kappa shape index (κ2) is 36.0. The lowest BCUT2D eigenvalue weighted by atomic mass is 9.82. The number of quaternary nitrogens is 1. The zero-order chi connectivity index (χ0) is 31.9. The van der Waals surface area contributed by atoms with Crippen LogP contribution in [0.25, 0.3) is 0 Å². The van der Waals surface area contributed by atoms with Crippen LogP contribution in [0.4, 0.5) is 0 Å². The molecule has 1 atom stereocenters. The van der Waals surface area contributed by atoms with Crippen molar-refractivity contribution in [1.82, 2.24) is 11.5 Å². The Labute approximate surface area is 288 Å². The molecule has 0 fully saturated rings. The molecule has 0 aliphatic heterocycles. The molecule has 0 aromatic carbocycles. The number of hydrogen-bond donors (Lipinski definition) is 2. The lowest BCUT2D eigenvalue weighted by Crippen LogP contribution is -3.00. The Hall–Kier alpha value is -0.810. The number of ether oxygens (including phenoxy) is 1. The van der Waals surface area contributed by atoms with Gasteiger partial charge in [0.2, 0.25) is 5.91 Å². The third kappa shape index (κ3) is 30.3. The van der Waals surface area contributed by atoms with Crippen molar-refractivity contribution in [2.75, 3.05) is 6.61 Å². The van der Waals surface area contributed by atoms with E-state index in [2.05, 4.69) is 19.2 Å². The topological polar surface area (TPSA) is 91.9 Å². The smallest absolute Gasteiger partial charge is 0.313 e. The molecule has 0 aromatic heterocycles. The normalized spacial score (nSPS) is 11.8. The van der Waals surface area contributed by atoms with Crippen molar-refractivity contribution in [2.45, 2.75) is 227 Å². The van der Waals surface area contributed by atoms with E-state index in [-0.39, 0.29) is 36.5 Å². The fourth-order valence-electron chi connectivity index (χ4n) is 6.15. The molecule has 0 spiro atoms. The number of hydrogen-bond acceptors (Lipinski definition) is 3. The fraction of sp³-hybridized carbons (Fsp3) is 0.949. The monoisotopic (exact) mass is 661 g/mol. The Kier molecular flexibility index (Phi) is 38.9. The summed E-state index contributed by atoms with van der Waals surface area (Å²) in [5, 5.41) is 3.15. The zero-order valence-electron chi connectivity index (χ0n) is 31.4. The number of carbonyl (C=O) groups excluding carboxylic acids is 2. The highest BCUT2D eigenvalue weighted by Crippen LogP contribution is 2.26. The number of amides is 1. The van der Waals surface area contributed by atoms with Crippen molar-refractivity contribution >= 4 is 11.9 Å². The van der Waals surface area contributed by atoms with Crippen LogP contribution >= 0.6 is 0 Å². The summed E-state index contributed by atoms with van der Waals surface area (Å²) in [6, 6.07) is -0.189. The maximum atomic E-state index is 12.9. The highest BCUT2D eigenvalue weighted by atomic mass is 35.5. The summed E-state index contributed by atoms with van der Waals surface area (Å²) >= 11 is 0. The summed E-state index contributed by atoms with van der Waals surface area (Å²) in [6.07, 6.45) is 36.7. The molecular formula is C39H81ClN2O3. The van der Waals surface area contributed by atoms with Crippen LogP contribution in [0.2, 0.25) is 0 Å². The molecule has 5 N–H and O–H groups in total. The van der Waals surface area contributed by atoms with Crippen LogP contribution in [0.1, 0.15) is 221 Å². The van der Waals surface area contributed by atoms with Crippen LogP contribution in [0, 0.1) is 5.41 Å². The molecule has 0 saturated carbocycles. The molecule has 45 heavy (non-hydrogen) atoms. The van der Waals surface area contributed by atoms with Crippen LogP contribution < -0.4 is 23.9 Å². The minimum atomic E-state index is -0.712. The first-order valence-corrected chi connectivity index (χ1v) is 19.4. The van der Waals surface area contributed by atoms with Gasteiger partial charge < -0.3 is 28.6 Å². The first-order valence-electron chi connectivity index (χ1n) is 19.4. The van der Waals surface area contributed by atoms with Gasteiger partial charge in [-0.15, -0.1) is 0 Å². The molecule has 1 amide bonds. The summed E-state index contributed by atoms with van der Waals surface area (Å²) in [5.74, 6) is -0.113. The summed E-state index contributed by atoms with van der Waals surface area (Å²) in [4.78, 5) is 25.5. The minimum absolute atomic E-state index is 0. The molecule has 6 heteroatoms. The summed E-state index contributed by atoms with van der Waals surface area (Å²) in [7, 11) is 0. The van der Waals surface area contributed by atoms with Crippen molar-refractivity contribution in [3.63, 3.8) is 0 Å². The van der Waals surface area contributed by atoms with E-state index in [1.807, 2.05) is 20.8 Å². The van der Waals surface area contributed by atoms with E-state index in [1.54, 1.807) is 0 Å². The van der Waals surface area contributed by atoms with Crippen LogP contribution in [0.15, 0.2) is 0 Å². The molecule has 0 radical (unpaired) electrons. The van der Waals surface area contributed by atoms with Crippen LogP contribution in [0.3, 0.4) is 0 Å². The number of rotatable bonds is 33. The van der Waals surface area contributed by atoms with Crippen LogP contribution in [-0.4, -0.2) is 24.5 Å². The summed E-state index contributed by atoms with van der Waals surface area (Å²) in [5.41, 5.74) is -0.712. The Morgan fingerprint density at radius 1 is 0.533 bits per heavy atom. The minimum Gasteiger partial charge on any atom is -1.00 e.